The number of hydrogen-bond acceptors (Lipinski definition) is 1. The standard InChI is InChI=1S/C13H8ClF3O.C2H6/c1-7-2-3-8(4-10(7)15)18-13-6-12(17)11(16)5-9(13)14;1-2/h2-6H,1H3;1-2H3. The lowest BCUT2D eigenvalue weighted by molar-refractivity contribution is 0.458. The van der Waals surface area contributed by atoms with E-state index in [-0.39, 0.29) is 16.5 Å². The summed E-state index contributed by atoms with van der Waals surface area (Å²) in [6.45, 7) is 5.60. The Balaban J connectivity index is 0.000000956. The van der Waals surface area contributed by atoms with Crippen LogP contribution in [0.15, 0.2) is 30.3 Å². The van der Waals surface area contributed by atoms with Crippen LogP contribution in [0.3, 0.4) is 0 Å². The van der Waals surface area contributed by atoms with E-state index in [0.717, 1.165) is 18.2 Å². The van der Waals surface area contributed by atoms with E-state index in [9.17, 15) is 13.2 Å². The molecular weight excluding hydrogens is 289 g/mol. The van der Waals surface area contributed by atoms with Gasteiger partial charge in [-0.3, -0.25) is 0 Å². The van der Waals surface area contributed by atoms with Crippen LogP contribution in [0.5, 0.6) is 11.5 Å². The number of hydrogen-bond donors (Lipinski definition) is 0. The van der Waals surface area contributed by atoms with Gasteiger partial charge in [-0.2, -0.15) is 0 Å². The lowest BCUT2D eigenvalue weighted by Gasteiger charge is -2.08. The maximum atomic E-state index is 13.3. The summed E-state index contributed by atoms with van der Waals surface area (Å²) in [6, 6.07) is 5.79. The predicted octanol–water partition coefficient (Wildman–Crippen LogP) is 5.88. The molecule has 0 N–H and O–H groups in total. The number of benzene rings is 2. The molecule has 2 rings (SSSR count). The van der Waals surface area contributed by atoms with Gasteiger partial charge in [-0.25, -0.2) is 13.2 Å². The van der Waals surface area contributed by atoms with E-state index in [4.69, 9.17) is 16.3 Å². The van der Waals surface area contributed by atoms with Crippen LogP contribution in [0.25, 0.3) is 0 Å². The monoisotopic (exact) mass is 302 g/mol. The third kappa shape index (κ3) is 3.90. The fraction of sp³-hybridized carbons (Fsp3) is 0.200. The van der Waals surface area contributed by atoms with Gasteiger partial charge >= 0.3 is 0 Å². The molecule has 20 heavy (non-hydrogen) atoms. The maximum absolute atomic E-state index is 13.3. The van der Waals surface area contributed by atoms with Crippen LogP contribution < -0.4 is 4.74 Å². The summed E-state index contributed by atoms with van der Waals surface area (Å²) in [4.78, 5) is 0. The Kier molecular flexibility index (Phi) is 5.89. The van der Waals surface area contributed by atoms with Crippen molar-refractivity contribution in [2.45, 2.75) is 20.8 Å². The molecule has 2 aromatic carbocycles. The molecule has 0 spiro atoms. The summed E-state index contributed by atoms with van der Waals surface area (Å²) >= 11 is 5.70. The highest BCUT2D eigenvalue weighted by Gasteiger charge is 2.11. The van der Waals surface area contributed by atoms with Crippen molar-refractivity contribution in [1.82, 2.24) is 0 Å². The first-order valence-electron chi connectivity index (χ1n) is 6.06. The Morgan fingerprint density at radius 3 is 2.10 bits per heavy atom. The maximum Gasteiger partial charge on any atom is 0.162 e. The molecule has 108 valence electrons. The van der Waals surface area contributed by atoms with Crippen LogP contribution in [0.2, 0.25) is 5.02 Å². The molecule has 2 aromatic rings. The van der Waals surface area contributed by atoms with Gasteiger partial charge in [0.15, 0.2) is 11.6 Å². The van der Waals surface area contributed by atoms with Crippen molar-refractivity contribution >= 4 is 11.6 Å². The van der Waals surface area contributed by atoms with Gasteiger partial charge in [-0.1, -0.05) is 31.5 Å². The Hall–Kier alpha value is -1.68. The summed E-state index contributed by atoms with van der Waals surface area (Å²) in [5.41, 5.74) is 0.457. The van der Waals surface area contributed by atoms with E-state index in [2.05, 4.69) is 0 Å². The first-order chi connectivity index (χ1) is 9.47. The van der Waals surface area contributed by atoms with Crippen LogP contribution >= 0.6 is 11.6 Å². The summed E-state index contributed by atoms with van der Waals surface area (Å²) in [6.07, 6.45) is 0. The average molecular weight is 303 g/mol. The molecule has 0 amide bonds. The molecule has 0 aliphatic carbocycles. The average Bonchev–Trinajstić information content (AvgIpc) is 2.42. The van der Waals surface area contributed by atoms with Gasteiger partial charge in [0.05, 0.1) is 5.02 Å². The summed E-state index contributed by atoms with van der Waals surface area (Å²) in [5, 5.41) is -0.0881. The van der Waals surface area contributed by atoms with Crippen LogP contribution in [0, 0.1) is 24.4 Å². The second kappa shape index (κ2) is 7.20. The molecule has 0 aliphatic rings. The predicted molar refractivity (Wildman–Crippen MR) is 73.9 cm³/mol. The number of ether oxygens (including phenoxy) is 1. The van der Waals surface area contributed by atoms with Gasteiger partial charge < -0.3 is 4.74 Å². The first-order valence-corrected chi connectivity index (χ1v) is 6.43. The summed E-state index contributed by atoms with van der Waals surface area (Å²) in [7, 11) is 0. The minimum atomic E-state index is -1.08. The van der Waals surface area contributed by atoms with Gasteiger partial charge in [-0.05, 0) is 24.6 Å². The summed E-state index contributed by atoms with van der Waals surface area (Å²) < 4.78 is 44.3. The molecule has 0 saturated carbocycles. The molecule has 0 atom stereocenters. The lowest BCUT2D eigenvalue weighted by atomic mass is 10.2. The Morgan fingerprint density at radius 2 is 1.50 bits per heavy atom. The molecule has 5 heteroatoms. The van der Waals surface area contributed by atoms with Crippen molar-refractivity contribution in [1.29, 1.82) is 0 Å². The fourth-order valence-electron chi connectivity index (χ4n) is 1.35. The largest absolute Gasteiger partial charge is 0.456 e. The normalized spacial score (nSPS) is 9.75. The zero-order valence-electron chi connectivity index (χ0n) is 11.3. The van der Waals surface area contributed by atoms with Crippen molar-refractivity contribution in [3.63, 3.8) is 0 Å². The molecule has 1 nitrogen and oxygen atoms in total. The highest BCUT2D eigenvalue weighted by atomic mass is 35.5. The zero-order chi connectivity index (χ0) is 15.3. The zero-order valence-corrected chi connectivity index (χ0v) is 12.1. The molecule has 0 saturated heterocycles. The van der Waals surface area contributed by atoms with E-state index in [1.54, 1.807) is 6.92 Å². The Labute approximate surface area is 121 Å². The first kappa shape index (κ1) is 16.4. The summed E-state index contributed by atoms with van der Waals surface area (Å²) in [5.74, 6) is -2.51. The quantitative estimate of drug-likeness (QED) is 0.629. The van der Waals surface area contributed by atoms with E-state index >= 15 is 0 Å². The van der Waals surface area contributed by atoms with Crippen LogP contribution in [0.1, 0.15) is 19.4 Å². The van der Waals surface area contributed by atoms with Crippen LogP contribution in [-0.4, -0.2) is 0 Å². The minimum Gasteiger partial charge on any atom is -0.456 e. The highest BCUT2D eigenvalue weighted by molar-refractivity contribution is 6.32. The molecule has 0 heterocycles. The van der Waals surface area contributed by atoms with Gasteiger partial charge in [0, 0.05) is 12.1 Å². The lowest BCUT2D eigenvalue weighted by Crippen LogP contribution is -1.91. The SMILES string of the molecule is CC.Cc1ccc(Oc2cc(F)c(F)cc2Cl)cc1F. The highest BCUT2D eigenvalue weighted by Crippen LogP contribution is 2.31. The van der Waals surface area contributed by atoms with Gasteiger partial charge in [-0.15, -0.1) is 0 Å². The fourth-order valence-corrected chi connectivity index (χ4v) is 1.54. The number of aryl methyl sites for hydroxylation is 1. The van der Waals surface area contributed by atoms with E-state index in [1.807, 2.05) is 13.8 Å². The van der Waals surface area contributed by atoms with E-state index < -0.39 is 17.5 Å². The molecular formula is C15H14ClF3O. The van der Waals surface area contributed by atoms with Gasteiger partial charge in [0.2, 0.25) is 0 Å². The van der Waals surface area contributed by atoms with Crippen molar-refractivity contribution in [3.8, 4) is 11.5 Å². The third-order valence-electron chi connectivity index (χ3n) is 2.35. The smallest absolute Gasteiger partial charge is 0.162 e. The number of halogens is 4. The second-order valence-corrected chi connectivity index (χ2v) is 4.12. The van der Waals surface area contributed by atoms with Gasteiger partial charge in [0.25, 0.3) is 0 Å². The Morgan fingerprint density at radius 1 is 0.900 bits per heavy atom. The van der Waals surface area contributed by atoms with Crippen molar-refractivity contribution in [2.24, 2.45) is 0 Å². The van der Waals surface area contributed by atoms with E-state index in [1.165, 1.54) is 12.1 Å². The molecule has 0 aromatic heterocycles. The van der Waals surface area contributed by atoms with E-state index in [0.29, 0.717) is 5.56 Å². The van der Waals surface area contributed by atoms with Crippen LogP contribution in [0.4, 0.5) is 13.2 Å². The minimum absolute atomic E-state index is 0.0705. The van der Waals surface area contributed by atoms with Crippen LogP contribution in [-0.2, 0) is 0 Å². The molecule has 0 unspecified atom stereocenters. The number of rotatable bonds is 2. The van der Waals surface area contributed by atoms with Crippen molar-refractivity contribution < 1.29 is 17.9 Å². The van der Waals surface area contributed by atoms with Crippen molar-refractivity contribution in [3.05, 3.63) is 58.4 Å². The molecule has 0 fully saturated rings. The molecule has 0 bridgehead atoms. The van der Waals surface area contributed by atoms with Crippen molar-refractivity contribution in [2.75, 3.05) is 0 Å². The second-order valence-electron chi connectivity index (χ2n) is 3.71. The van der Waals surface area contributed by atoms with Gasteiger partial charge in [0.1, 0.15) is 17.3 Å². The molecule has 0 radical (unpaired) electrons. The Bertz CT molecular complexity index is 600. The third-order valence-corrected chi connectivity index (χ3v) is 2.64. The topological polar surface area (TPSA) is 9.23 Å². The molecule has 0 aliphatic heterocycles.